The van der Waals surface area contributed by atoms with Crippen molar-refractivity contribution >= 4 is 16.7 Å². The summed E-state index contributed by atoms with van der Waals surface area (Å²) in [4.78, 5) is 17.1. The van der Waals surface area contributed by atoms with E-state index in [0.29, 0.717) is 12.1 Å². The number of carbonyl (C=O) groups excluding carboxylic acids is 1. The van der Waals surface area contributed by atoms with Crippen LogP contribution in [0.4, 0.5) is 4.39 Å². The molecule has 172 valence electrons. The molecule has 0 bridgehead atoms. The molecule has 1 amide bonds. The van der Waals surface area contributed by atoms with Crippen LogP contribution in [0, 0.1) is 5.82 Å². The maximum absolute atomic E-state index is 13.2. The molecule has 0 saturated heterocycles. The molecule has 0 radical (unpaired) electrons. The summed E-state index contributed by atoms with van der Waals surface area (Å²) < 4.78 is 18.6. The molecule has 0 fully saturated rings. The second-order valence-corrected chi connectivity index (χ2v) is 8.19. The van der Waals surface area contributed by atoms with Crippen molar-refractivity contribution in [3.63, 3.8) is 0 Å². The van der Waals surface area contributed by atoms with E-state index in [1.165, 1.54) is 12.1 Å². The number of rotatable bonds is 6. The average Bonchev–Trinajstić information content (AvgIpc) is 2.92. The van der Waals surface area contributed by atoms with Crippen molar-refractivity contribution in [3.05, 3.63) is 120 Å². The largest absolute Gasteiger partial charge is 0.497 e. The number of pyridine rings is 1. The van der Waals surface area contributed by atoms with Crippen molar-refractivity contribution in [2.24, 2.45) is 0 Å². The van der Waals surface area contributed by atoms with Gasteiger partial charge in [0.2, 0.25) is 0 Å². The molecular formula is C30H23FN2O2. The lowest BCUT2D eigenvalue weighted by atomic mass is 9.96. The molecule has 0 unspecified atom stereocenters. The Balaban J connectivity index is 1.35. The Morgan fingerprint density at radius 3 is 2.34 bits per heavy atom. The summed E-state index contributed by atoms with van der Waals surface area (Å²) >= 11 is 0. The van der Waals surface area contributed by atoms with Gasteiger partial charge in [-0.15, -0.1) is 0 Å². The van der Waals surface area contributed by atoms with E-state index < -0.39 is 0 Å². The molecule has 4 aromatic carbocycles. The number of carbonyl (C=O) groups is 1. The highest BCUT2D eigenvalue weighted by molar-refractivity contribution is 5.99. The van der Waals surface area contributed by atoms with Gasteiger partial charge in [0.25, 0.3) is 5.91 Å². The third-order valence-electron chi connectivity index (χ3n) is 6.05. The van der Waals surface area contributed by atoms with Crippen molar-refractivity contribution in [1.82, 2.24) is 10.3 Å². The molecule has 0 aliphatic heterocycles. The van der Waals surface area contributed by atoms with Crippen LogP contribution < -0.4 is 10.1 Å². The highest BCUT2D eigenvalue weighted by Gasteiger charge is 2.11. The van der Waals surface area contributed by atoms with Crippen LogP contribution in [0.5, 0.6) is 5.75 Å². The molecule has 4 nitrogen and oxygen atoms in total. The van der Waals surface area contributed by atoms with Crippen LogP contribution >= 0.6 is 0 Å². The number of ether oxygens (including phenoxy) is 1. The summed E-state index contributed by atoms with van der Waals surface area (Å²) in [5.41, 5.74) is 5.49. The number of nitrogens with one attached hydrogen (secondary N) is 1. The second kappa shape index (κ2) is 9.77. The topological polar surface area (TPSA) is 51.2 Å². The fraction of sp³-hybridized carbons (Fsp3) is 0.0667. The third-order valence-corrected chi connectivity index (χ3v) is 6.05. The Morgan fingerprint density at radius 1 is 0.857 bits per heavy atom. The van der Waals surface area contributed by atoms with E-state index in [0.717, 1.165) is 44.3 Å². The zero-order chi connectivity index (χ0) is 24.2. The van der Waals surface area contributed by atoms with Crippen molar-refractivity contribution in [3.8, 4) is 28.0 Å². The first-order chi connectivity index (χ1) is 17.1. The van der Waals surface area contributed by atoms with Gasteiger partial charge < -0.3 is 10.1 Å². The molecule has 5 rings (SSSR count). The Kier molecular flexibility index (Phi) is 6.22. The number of halogens is 1. The zero-order valence-electron chi connectivity index (χ0n) is 19.2. The van der Waals surface area contributed by atoms with Crippen molar-refractivity contribution in [1.29, 1.82) is 0 Å². The van der Waals surface area contributed by atoms with E-state index in [2.05, 4.69) is 22.4 Å². The lowest BCUT2D eigenvalue weighted by molar-refractivity contribution is 0.0951. The maximum atomic E-state index is 13.2. The predicted molar refractivity (Wildman–Crippen MR) is 137 cm³/mol. The van der Waals surface area contributed by atoms with Gasteiger partial charge in [-0.05, 0) is 75.7 Å². The number of hydrogen-bond acceptors (Lipinski definition) is 3. The summed E-state index contributed by atoms with van der Waals surface area (Å²) in [6, 6.07) is 27.6. The number of aromatic nitrogens is 1. The average molecular weight is 463 g/mol. The molecule has 1 aromatic heterocycles. The number of nitrogens with zero attached hydrogens (tertiary/aromatic N) is 1. The molecule has 5 heteroatoms. The lowest BCUT2D eigenvalue weighted by Crippen LogP contribution is -2.22. The predicted octanol–water partition coefficient (Wildman–Crippen LogP) is 6.65. The molecule has 0 atom stereocenters. The van der Waals surface area contributed by atoms with Crippen molar-refractivity contribution in [2.75, 3.05) is 7.11 Å². The molecule has 1 heterocycles. The van der Waals surface area contributed by atoms with E-state index >= 15 is 0 Å². The Labute approximate surface area is 203 Å². The Morgan fingerprint density at radius 2 is 1.60 bits per heavy atom. The minimum Gasteiger partial charge on any atom is -0.497 e. The van der Waals surface area contributed by atoms with Crippen LogP contribution in [0.1, 0.15) is 15.9 Å². The number of amides is 1. The molecule has 0 aliphatic carbocycles. The first kappa shape index (κ1) is 22.3. The van der Waals surface area contributed by atoms with Gasteiger partial charge in [-0.1, -0.05) is 48.5 Å². The van der Waals surface area contributed by atoms with Gasteiger partial charge in [-0.2, -0.15) is 0 Å². The van der Waals surface area contributed by atoms with E-state index in [1.54, 1.807) is 37.6 Å². The minimum atomic E-state index is -0.274. The summed E-state index contributed by atoms with van der Waals surface area (Å²) in [5.74, 6) is 0.361. The normalized spacial score (nSPS) is 10.8. The summed E-state index contributed by atoms with van der Waals surface area (Å²) in [5, 5.41) is 5.06. The first-order valence-electron chi connectivity index (χ1n) is 11.3. The summed E-state index contributed by atoms with van der Waals surface area (Å²) in [7, 11) is 1.66. The lowest BCUT2D eigenvalue weighted by Gasteiger charge is -2.13. The monoisotopic (exact) mass is 462 g/mol. The number of hydrogen-bond donors (Lipinski definition) is 1. The smallest absolute Gasteiger partial charge is 0.251 e. The zero-order valence-corrected chi connectivity index (χ0v) is 19.2. The highest BCUT2D eigenvalue weighted by Crippen LogP contribution is 2.32. The van der Waals surface area contributed by atoms with Gasteiger partial charge in [0.1, 0.15) is 11.6 Å². The quantitative estimate of drug-likeness (QED) is 0.307. The number of benzene rings is 4. The molecule has 0 spiro atoms. The number of methoxy groups -OCH3 is 1. The van der Waals surface area contributed by atoms with Crippen molar-refractivity contribution in [2.45, 2.75) is 6.54 Å². The SMILES string of the molecule is COc1cccc(-c2ccc(CNC(=O)c3ccc(-c4ccc(F)cc4)cc3)c3cnccc23)c1. The molecule has 0 aliphatic rings. The van der Waals surface area contributed by atoms with E-state index in [4.69, 9.17) is 4.74 Å². The first-order valence-corrected chi connectivity index (χ1v) is 11.3. The van der Waals surface area contributed by atoms with E-state index in [9.17, 15) is 9.18 Å². The minimum absolute atomic E-state index is 0.162. The molecular weight excluding hydrogens is 439 g/mol. The molecule has 35 heavy (non-hydrogen) atoms. The van der Waals surface area contributed by atoms with Crippen molar-refractivity contribution < 1.29 is 13.9 Å². The van der Waals surface area contributed by atoms with Crippen LogP contribution in [0.2, 0.25) is 0 Å². The van der Waals surface area contributed by atoms with Gasteiger partial charge in [0, 0.05) is 29.9 Å². The third kappa shape index (κ3) is 4.75. The molecule has 0 saturated carbocycles. The Bertz CT molecular complexity index is 1500. The fourth-order valence-electron chi connectivity index (χ4n) is 4.18. The maximum Gasteiger partial charge on any atom is 0.251 e. The van der Waals surface area contributed by atoms with Gasteiger partial charge in [-0.3, -0.25) is 9.78 Å². The van der Waals surface area contributed by atoms with Crippen LogP contribution in [-0.4, -0.2) is 18.0 Å². The molecule has 5 aromatic rings. The van der Waals surface area contributed by atoms with Crippen LogP contribution in [0.15, 0.2) is 103 Å². The highest BCUT2D eigenvalue weighted by atomic mass is 19.1. The summed E-state index contributed by atoms with van der Waals surface area (Å²) in [6.45, 7) is 0.374. The summed E-state index contributed by atoms with van der Waals surface area (Å²) in [6.07, 6.45) is 3.61. The van der Waals surface area contributed by atoms with Gasteiger partial charge in [0.05, 0.1) is 7.11 Å². The second-order valence-electron chi connectivity index (χ2n) is 8.19. The van der Waals surface area contributed by atoms with Gasteiger partial charge in [-0.25, -0.2) is 4.39 Å². The Hall–Kier alpha value is -4.51. The molecule has 1 N–H and O–H groups in total. The van der Waals surface area contributed by atoms with E-state index in [-0.39, 0.29) is 11.7 Å². The van der Waals surface area contributed by atoms with Crippen LogP contribution in [0.25, 0.3) is 33.0 Å². The number of fused-ring (bicyclic) bond motifs is 1. The fourth-order valence-corrected chi connectivity index (χ4v) is 4.18. The van der Waals surface area contributed by atoms with Crippen LogP contribution in [0.3, 0.4) is 0 Å². The van der Waals surface area contributed by atoms with E-state index in [1.807, 2.05) is 48.7 Å². The van der Waals surface area contributed by atoms with Gasteiger partial charge in [0.15, 0.2) is 0 Å². The van der Waals surface area contributed by atoms with Gasteiger partial charge >= 0.3 is 0 Å². The van der Waals surface area contributed by atoms with Crippen LogP contribution in [-0.2, 0) is 6.54 Å². The standard InChI is InChI=1S/C30H23FN2O2/c1-35-26-4-2-3-23(17-26)27-14-11-24(29-19-32-16-15-28(27)29)18-33-30(34)22-7-5-20(6-8-22)21-9-12-25(31)13-10-21/h2-17,19H,18H2,1H3,(H,33,34).